The second kappa shape index (κ2) is 12.6. The second-order valence-corrected chi connectivity index (χ2v) is 15.4. The molecular weight excluding hydrogens is 721 g/mol. The van der Waals surface area contributed by atoms with Gasteiger partial charge in [-0.05, 0) is 82.1 Å². The Hall–Kier alpha value is -7.35. The minimum atomic E-state index is -0.308. The van der Waals surface area contributed by atoms with Crippen molar-refractivity contribution in [3.63, 3.8) is 0 Å². The fraction of sp³-hybridized carbons (Fsp3) is 0.0200. The Kier molecular flexibility index (Phi) is 7.06. The van der Waals surface area contributed by atoms with Gasteiger partial charge in [0.2, 0.25) is 0 Å². The third kappa shape index (κ3) is 5.28. The number of thiazole rings is 1. The SMILES string of the molecule is c1ccc(C2=NC(c3cccc4oc5ccc(-c6cccc7oc8ccc(-c9nc%10cc%11ccccc%11cc%10s9)cc8c67)cc5c34)=NC(c3ccccc3)N2)cc1. The van der Waals surface area contributed by atoms with Crippen molar-refractivity contribution in [2.24, 2.45) is 9.98 Å². The molecule has 0 saturated carbocycles. The Morgan fingerprint density at radius 1 is 0.509 bits per heavy atom. The van der Waals surface area contributed by atoms with Gasteiger partial charge in [0.1, 0.15) is 39.3 Å². The Labute approximate surface area is 330 Å². The van der Waals surface area contributed by atoms with Gasteiger partial charge in [0, 0.05) is 38.2 Å². The predicted octanol–water partition coefficient (Wildman–Crippen LogP) is 13.1. The maximum Gasteiger partial charge on any atom is 0.160 e. The van der Waals surface area contributed by atoms with Crippen LogP contribution in [0.5, 0.6) is 0 Å². The number of aliphatic imine (C=N–C) groups is 2. The highest BCUT2D eigenvalue weighted by molar-refractivity contribution is 7.21. The van der Waals surface area contributed by atoms with Gasteiger partial charge in [-0.1, -0.05) is 115 Å². The number of hydrogen-bond acceptors (Lipinski definition) is 7. The van der Waals surface area contributed by atoms with Gasteiger partial charge >= 0.3 is 0 Å². The van der Waals surface area contributed by atoms with Crippen molar-refractivity contribution < 1.29 is 8.83 Å². The monoisotopic (exact) mass is 750 g/mol. The average molecular weight is 751 g/mol. The third-order valence-electron chi connectivity index (χ3n) is 10.9. The van der Waals surface area contributed by atoms with Crippen molar-refractivity contribution in [3.8, 4) is 21.7 Å². The van der Waals surface area contributed by atoms with Gasteiger partial charge in [-0.2, -0.15) is 0 Å². The molecule has 4 heterocycles. The van der Waals surface area contributed by atoms with Crippen LogP contribution in [-0.4, -0.2) is 16.7 Å². The van der Waals surface area contributed by atoms with E-state index in [1.165, 1.54) is 15.5 Å². The van der Waals surface area contributed by atoms with Crippen molar-refractivity contribution in [2.75, 3.05) is 0 Å². The number of nitrogens with one attached hydrogen (secondary N) is 1. The first-order valence-corrected chi connectivity index (χ1v) is 19.8. The lowest BCUT2D eigenvalue weighted by atomic mass is 9.96. The molecule has 11 aromatic rings. The van der Waals surface area contributed by atoms with E-state index in [-0.39, 0.29) is 6.17 Å². The van der Waals surface area contributed by atoms with E-state index in [1.54, 1.807) is 11.3 Å². The quantitative estimate of drug-likeness (QED) is 0.190. The largest absolute Gasteiger partial charge is 0.456 e. The molecule has 268 valence electrons. The van der Waals surface area contributed by atoms with Gasteiger partial charge in [0.05, 0.1) is 10.2 Å². The first-order chi connectivity index (χ1) is 28.2. The molecule has 0 fully saturated rings. The Balaban J connectivity index is 1.01. The standard InChI is InChI=1S/C50H30N4O2S/c1-3-11-29(12-4-1)47-52-48(30-13-5-2-6-14-30)54-49(53-47)36-18-10-20-43-46(36)37-25-33(21-23-40(37)56-43)35-17-9-19-42-45(35)38-26-34(22-24-41(38)55-42)50-51-39-27-31-15-7-8-16-32(31)28-44(39)57-50/h1-28,47H,(H,52,53,54). The molecule has 7 heteroatoms. The molecule has 0 spiro atoms. The van der Waals surface area contributed by atoms with E-state index in [0.29, 0.717) is 5.84 Å². The van der Waals surface area contributed by atoms with Gasteiger partial charge < -0.3 is 14.2 Å². The van der Waals surface area contributed by atoms with Crippen molar-refractivity contribution in [2.45, 2.75) is 6.17 Å². The summed E-state index contributed by atoms with van der Waals surface area (Å²) >= 11 is 1.72. The predicted molar refractivity (Wildman–Crippen MR) is 234 cm³/mol. The van der Waals surface area contributed by atoms with Crippen LogP contribution >= 0.6 is 11.3 Å². The van der Waals surface area contributed by atoms with E-state index in [0.717, 1.165) is 93.6 Å². The van der Waals surface area contributed by atoms with Crippen molar-refractivity contribution in [3.05, 3.63) is 187 Å². The summed E-state index contributed by atoms with van der Waals surface area (Å²) < 4.78 is 14.2. The van der Waals surface area contributed by atoms with Crippen molar-refractivity contribution >= 4 is 87.9 Å². The molecule has 8 aromatic carbocycles. The molecule has 1 aliphatic rings. The first-order valence-electron chi connectivity index (χ1n) is 18.9. The molecule has 6 nitrogen and oxygen atoms in total. The average Bonchev–Trinajstić information content (AvgIpc) is 3.98. The number of nitrogens with zero attached hydrogens (tertiary/aromatic N) is 3. The van der Waals surface area contributed by atoms with Crippen molar-refractivity contribution in [1.82, 2.24) is 10.3 Å². The maximum atomic E-state index is 6.51. The number of hydrogen-bond donors (Lipinski definition) is 1. The molecule has 57 heavy (non-hydrogen) atoms. The Morgan fingerprint density at radius 2 is 1.14 bits per heavy atom. The van der Waals surface area contributed by atoms with E-state index >= 15 is 0 Å². The number of furan rings is 2. The Morgan fingerprint density at radius 3 is 1.89 bits per heavy atom. The molecule has 0 saturated heterocycles. The zero-order valence-corrected chi connectivity index (χ0v) is 31.1. The van der Waals surface area contributed by atoms with E-state index in [4.69, 9.17) is 23.8 Å². The summed E-state index contributed by atoms with van der Waals surface area (Å²) in [5.41, 5.74) is 10.5. The minimum Gasteiger partial charge on any atom is -0.456 e. The van der Waals surface area contributed by atoms with Gasteiger partial charge in [-0.3, -0.25) is 0 Å². The Bertz CT molecular complexity index is 3400. The highest BCUT2D eigenvalue weighted by atomic mass is 32.1. The third-order valence-corrected chi connectivity index (χ3v) is 12.0. The maximum absolute atomic E-state index is 6.51. The molecule has 12 rings (SSSR count). The van der Waals surface area contributed by atoms with E-state index in [9.17, 15) is 0 Å². The second-order valence-electron chi connectivity index (χ2n) is 14.4. The van der Waals surface area contributed by atoms with Gasteiger partial charge in [0.15, 0.2) is 5.84 Å². The zero-order chi connectivity index (χ0) is 37.5. The normalized spacial score (nSPS) is 14.5. The van der Waals surface area contributed by atoms with Crippen molar-refractivity contribution in [1.29, 1.82) is 0 Å². The van der Waals surface area contributed by atoms with Crippen LogP contribution in [0.2, 0.25) is 0 Å². The zero-order valence-electron chi connectivity index (χ0n) is 30.3. The fourth-order valence-electron chi connectivity index (χ4n) is 8.24. The summed E-state index contributed by atoms with van der Waals surface area (Å²) in [5.74, 6) is 1.43. The molecular formula is C50H30N4O2S. The summed E-state index contributed by atoms with van der Waals surface area (Å²) in [6, 6.07) is 58.7. The van der Waals surface area contributed by atoms with E-state index < -0.39 is 0 Å². The van der Waals surface area contributed by atoms with Crippen LogP contribution in [-0.2, 0) is 0 Å². The number of fused-ring (bicyclic) bond motifs is 8. The summed E-state index contributed by atoms with van der Waals surface area (Å²) in [4.78, 5) is 15.4. The summed E-state index contributed by atoms with van der Waals surface area (Å²) in [5, 5.41) is 11.1. The number of rotatable bonds is 5. The smallest absolute Gasteiger partial charge is 0.160 e. The van der Waals surface area contributed by atoms with Crippen LogP contribution in [0.1, 0.15) is 22.9 Å². The molecule has 0 aliphatic carbocycles. The topological polar surface area (TPSA) is 75.9 Å². The van der Waals surface area contributed by atoms with E-state index in [2.05, 4.69) is 121 Å². The van der Waals surface area contributed by atoms with Crippen LogP contribution in [0.25, 0.3) is 86.6 Å². The van der Waals surface area contributed by atoms with Gasteiger partial charge in [-0.15, -0.1) is 11.3 Å². The molecule has 1 atom stereocenters. The summed E-state index contributed by atoms with van der Waals surface area (Å²) in [6.45, 7) is 0. The lowest BCUT2D eigenvalue weighted by Crippen LogP contribution is -2.33. The fourth-order valence-corrected chi connectivity index (χ4v) is 9.23. The van der Waals surface area contributed by atoms with Crippen LogP contribution in [0, 0.1) is 0 Å². The number of benzene rings is 8. The van der Waals surface area contributed by atoms with Crippen LogP contribution < -0.4 is 5.32 Å². The highest BCUT2D eigenvalue weighted by Crippen LogP contribution is 2.42. The number of amidine groups is 2. The molecule has 3 aromatic heterocycles. The summed E-state index contributed by atoms with van der Waals surface area (Å²) in [6.07, 6.45) is -0.308. The van der Waals surface area contributed by atoms with E-state index in [1.807, 2.05) is 54.6 Å². The van der Waals surface area contributed by atoms with Crippen LogP contribution in [0.15, 0.2) is 189 Å². The summed E-state index contributed by atoms with van der Waals surface area (Å²) in [7, 11) is 0. The first kappa shape index (κ1) is 31.9. The minimum absolute atomic E-state index is 0.308. The van der Waals surface area contributed by atoms with Crippen LogP contribution in [0.3, 0.4) is 0 Å². The lowest BCUT2D eigenvalue weighted by molar-refractivity contribution is 0.668. The molecule has 1 unspecified atom stereocenters. The van der Waals surface area contributed by atoms with Gasteiger partial charge in [0.25, 0.3) is 0 Å². The molecule has 0 amide bonds. The molecule has 1 N–H and O–H groups in total. The number of aromatic nitrogens is 1. The molecule has 0 bridgehead atoms. The van der Waals surface area contributed by atoms with Gasteiger partial charge in [-0.25, -0.2) is 15.0 Å². The molecule has 0 radical (unpaired) electrons. The highest BCUT2D eigenvalue weighted by Gasteiger charge is 2.24. The van der Waals surface area contributed by atoms with Crippen LogP contribution in [0.4, 0.5) is 0 Å². The lowest BCUT2D eigenvalue weighted by Gasteiger charge is -2.23. The molecule has 1 aliphatic heterocycles.